The summed E-state index contributed by atoms with van der Waals surface area (Å²) < 4.78 is 6.71. The third-order valence-corrected chi connectivity index (χ3v) is 10.3. The van der Waals surface area contributed by atoms with Crippen LogP contribution in [0, 0.1) is 0 Å². The molecule has 2 heteroatoms. The van der Waals surface area contributed by atoms with Gasteiger partial charge in [-0.05, 0) is 81.2 Å². The van der Waals surface area contributed by atoms with Crippen LogP contribution in [0.25, 0.3) is 43.8 Å². The molecule has 1 aliphatic carbocycles. The number of benzene rings is 8. The van der Waals surface area contributed by atoms with Crippen molar-refractivity contribution in [3.8, 4) is 11.1 Å². The van der Waals surface area contributed by atoms with Gasteiger partial charge in [0, 0.05) is 27.5 Å². The van der Waals surface area contributed by atoms with E-state index in [2.05, 4.69) is 193 Å². The van der Waals surface area contributed by atoms with Crippen molar-refractivity contribution < 1.29 is 4.42 Å². The van der Waals surface area contributed by atoms with Gasteiger partial charge >= 0.3 is 0 Å². The molecule has 10 rings (SSSR count). The highest BCUT2D eigenvalue weighted by molar-refractivity contribution is 6.10. The highest BCUT2D eigenvalue weighted by Gasteiger charge is 2.47. The molecule has 0 unspecified atom stereocenters. The molecular formula is C47H31NO. The first-order chi connectivity index (χ1) is 24.3. The predicted molar refractivity (Wildman–Crippen MR) is 203 cm³/mol. The normalized spacial score (nSPS) is 13.1. The Morgan fingerprint density at radius 3 is 1.80 bits per heavy atom. The Morgan fingerprint density at radius 1 is 0.408 bits per heavy atom. The van der Waals surface area contributed by atoms with Gasteiger partial charge in [-0.2, -0.15) is 0 Å². The van der Waals surface area contributed by atoms with E-state index in [0.717, 1.165) is 39.0 Å². The second-order valence-corrected chi connectivity index (χ2v) is 12.8. The number of fused-ring (bicyclic) bond motifs is 7. The SMILES string of the molecule is c1ccc(N(c2ccc3oc4cccc(C5(c6ccccc6)c6ccccc6-c6ccccc65)c4c3c2)c2cccc3ccccc23)cc1. The number of hydrogen-bond donors (Lipinski definition) is 0. The van der Waals surface area contributed by atoms with Crippen molar-refractivity contribution >= 4 is 49.8 Å². The lowest BCUT2D eigenvalue weighted by Gasteiger charge is -2.34. The van der Waals surface area contributed by atoms with Crippen molar-refractivity contribution in [2.45, 2.75) is 5.41 Å². The summed E-state index contributed by atoms with van der Waals surface area (Å²) in [6, 6.07) is 67.9. The number of anilines is 3. The maximum absolute atomic E-state index is 6.71. The number of furan rings is 1. The minimum Gasteiger partial charge on any atom is -0.456 e. The van der Waals surface area contributed by atoms with Gasteiger partial charge in [0.1, 0.15) is 11.2 Å². The zero-order valence-electron chi connectivity index (χ0n) is 26.8. The van der Waals surface area contributed by atoms with E-state index in [0.29, 0.717) is 0 Å². The molecule has 0 fully saturated rings. The molecule has 9 aromatic rings. The molecule has 49 heavy (non-hydrogen) atoms. The lowest BCUT2D eigenvalue weighted by molar-refractivity contribution is 0.667. The highest BCUT2D eigenvalue weighted by atomic mass is 16.3. The minimum atomic E-state index is -0.532. The third-order valence-electron chi connectivity index (χ3n) is 10.3. The van der Waals surface area contributed by atoms with Crippen LogP contribution in [0.3, 0.4) is 0 Å². The zero-order valence-corrected chi connectivity index (χ0v) is 26.8. The average Bonchev–Trinajstić information content (AvgIpc) is 3.70. The molecule has 0 amide bonds. The van der Waals surface area contributed by atoms with Gasteiger partial charge in [0.2, 0.25) is 0 Å². The fourth-order valence-electron chi connectivity index (χ4n) is 8.35. The van der Waals surface area contributed by atoms with Gasteiger partial charge in [0.15, 0.2) is 0 Å². The van der Waals surface area contributed by atoms with Crippen LogP contribution in [0.5, 0.6) is 0 Å². The molecule has 1 aromatic heterocycles. The van der Waals surface area contributed by atoms with E-state index in [1.54, 1.807) is 0 Å². The summed E-state index contributed by atoms with van der Waals surface area (Å²) in [5.41, 5.74) is 12.2. The van der Waals surface area contributed by atoms with Crippen molar-refractivity contribution in [3.05, 3.63) is 210 Å². The summed E-state index contributed by atoms with van der Waals surface area (Å²) in [5, 5.41) is 4.65. The lowest BCUT2D eigenvalue weighted by atomic mass is 9.66. The van der Waals surface area contributed by atoms with Gasteiger partial charge in [0.25, 0.3) is 0 Å². The van der Waals surface area contributed by atoms with Crippen molar-refractivity contribution in [3.63, 3.8) is 0 Å². The number of rotatable bonds is 5. The summed E-state index contributed by atoms with van der Waals surface area (Å²) >= 11 is 0. The van der Waals surface area contributed by atoms with Crippen LogP contribution < -0.4 is 4.90 Å². The molecule has 0 atom stereocenters. The van der Waals surface area contributed by atoms with E-state index >= 15 is 0 Å². The van der Waals surface area contributed by atoms with E-state index in [1.165, 1.54) is 44.2 Å². The molecule has 0 N–H and O–H groups in total. The quantitative estimate of drug-likeness (QED) is 0.189. The van der Waals surface area contributed by atoms with Gasteiger partial charge < -0.3 is 9.32 Å². The molecule has 0 radical (unpaired) electrons. The smallest absolute Gasteiger partial charge is 0.135 e. The molecule has 230 valence electrons. The van der Waals surface area contributed by atoms with E-state index in [1.807, 2.05) is 0 Å². The van der Waals surface area contributed by atoms with Crippen LogP contribution >= 0.6 is 0 Å². The average molecular weight is 626 g/mol. The van der Waals surface area contributed by atoms with Crippen LogP contribution in [0.2, 0.25) is 0 Å². The Morgan fingerprint density at radius 2 is 1.02 bits per heavy atom. The largest absolute Gasteiger partial charge is 0.456 e. The van der Waals surface area contributed by atoms with Crippen molar-refractivity contribution in [2.75, 3.05) is 4.90 Å². The molecule has 0 saturated carbocycles. The Hall–Kier alpha value is -6.38. The molecule has 0 aliphatic heterocycles. The van der Waals surface area contributed by atoms with E-state index in [-0.39, 0.29) is 0 Å². The Bertz CT molecular complexity index is 2620. The van der Waals surface area contributed by atoms with Crippen molar-refractivity contribution in [2.24, 2.45) is 0 Å². The van der Waals surface area contributed by atoms with Gasteiger partial charge in [-0.3, -0.25) is 0 Å². The van der Waals surface area contributed by atoms with E-state index in [9.17, 15) is 0 Å². The maximum atomic E-state index is 6.71. The summed E-state index contributed by atoms with van der Waals surface area (Å²) in [6.45, 7) is 0. The minimum absolute atomic E-state index is 0.532. The van der Waals surface area contributed by atoms with Gasteiger partial charge in [-0.15, -0.1) is 0 Å². The van der Waals surface area contributed by atoms with Crippen molar-refractivity contribution in [1.82, 2.24) is 0 Å². The topological polar surface area (TPSA) is 16.4 Å². The Kier molecular flexibility index (Phi) is 6.13. The molecule has 0 spiro atoms. The Labute approximate surface area is 285 Å². The molecule has 2 nitrogen and oxygen atoms in total. The van der Waals surface area contributed by atoms with E-state index < -0.39 is 5.41 Å². The first-order valence-corrected chi connectivity index (χ1v) is 16.9. The van der Waals surface area contributed by atoms with Crippen LogP contribution in [0.4, 0.5) is 17.1 Å². The van der Waals surface area contributed by atoms with Crippen LogP contribution in [0.1, 0.15) is 22.3 Å². The summed E-state index contributed by atoms with van der Waals surface area (Å²) in [7, 11) is 0. The predicted octanol–water partition coefficient (Wildman–Crippen LogP) is 12.6. The van der Waals surface area contributed by atoms with E-state index in [4.69, 9.17) is 4.42 Å². The zero-order chi connectivity index (χ0) is 32.4. The lowest BCUT2D eigenvalue weighted by Crippen LogP contribution is -2.28. The number of hydrogen-bond acceptors (Lipinski definition) is 2. The van der Waals surface area contributed by atoms with Gasteiger partial charge in [0.05, 0.1) is 11.1 Å². The van der Waals surface area contributed by atoms with Crippen molar-refractivity contribution in [1.29, 1.82) is 0 Å². The first-order valence-electron chi connectivity index (χ1n) is 16.9. The molecule has 8 aromatic carbocycles. The van der Waals surface area contributed by atoms with Crippen LogP contribution in [0.15, 0.2) is 192 Å². The monoisotopic (exact) mass is 625 g/mol. The van der Waals surface area contributed by atoms with Gasteiger partial charge in [-0.25, -0.2) is 0 Å². The maximum Gasteiger partial charge on any atom is 0.135 e. The highest BCUT2D eigenvalue weighted by Crippen LogP contribution is 2.58. The second kappa shape index (κ2) is 10.8. The standard InChI is InChI=1S/C47H31NO/c1-3-17-33(18-4-1)47(40-24-11-9-22-37(40)38-23-10-12-25-41(38)47)42-26-14-28-45-46(42)39-31-35(29-30-44(39)49-45)48(34-19-5-2-6-20-34)43-27-13-16-32-15-7-8-21-36(32)43/h1-31H. The number of nitrogens with zero attached hydrogens (tertiary/aromatic N) is 1. The molecular weight excluding hydrogens is 595 g/mol. The fraction of sp³-hybridized carbons (Fsp3) is 0.0213. The molecule has 1 aliphatic rings. The second-order valence-electron chi connectivity index (χ2n) is 12.8. The molecule has 1 heterocycles. The molecule has 0 saturated heterocycles. The number of para-hydroxylation sites is 1. The third kappa shape index (κ3) is 4.01. The fourth-order valence-corrected chi connectivity index (χ4v) is 8.35. The summed E-state index contributed by atoms with van der Waals surface area (Å²) in [4.78, 5) is 2.37. The van der Waals surface area contributed by atoms with Crippen LogP contribution in [-0.2, 0) is 5.41 Å². The van der Waals surface area contributed by atoms with Crippen LogP contribution in [-0.4, -0.2) is 0 Å². The van der Waals surface area contributed by atoms with Gasteiger partial charge in [-0.1, -0.05) is 146 Å². The summed E-state index contributed by atoms with van der Waals surface area (Å²) in [5.74, 6) is 0. The summed E-state index contributed by atoms with van der Waals surface area (Å²) in [6.07, 6.45) is 0. The first kappa shape index (κ1) is 27.7. The Balaban J connectivity index is 1.30. The molecule has 0 bridgehead atoms.